The van der Waals surface area contributed by atoms with E-state index in [9.17, 15) is 5.26 Å². The lowest BCUT2D eigenvalue weighted by molar-refractivity contribution is 0.122. The van der Waals surface area contributed by atoms with Gasteiger partial charge >= 0.3 is 0 Å². The fraction of sp³-hybridized carbons (Fsp3) is 0.273. The van der Waals surface area contributed by atoms with Crippen LogP contribution in [0.4, 0.5) is 5.82 Å². The van der Waals surface area contributed by atoms with Crippen LogP contribution in [0.25, 0.3) is 11.4 Å². The van der Waals surface area contributed by atoms with Crippen molar-refractivity contribution in [1.82, 2.24) is 15.0 Å². The number of hydrogen-bond donors (Lipinski definition) is 1. The number of aromatic nitrogens is 3. The van der Waals surface area contributed by atoms with E-state index in [1.165, 1.54) is 0 Å². The van der Waals surface area contributed by atoms with Crippen molar-refractivity contribution in [3.05, 3.63) is 59.5 Å². The fourth-order valence-corrected chi connectivity index (χ4v) is 3.19. The second-order valence-corrected chi connectivity index (χ2v) is 6.90. The summed E-state index contributed by atoms with van der Waals surface area (Å²) >= 11 is 0. The number of nitriles is 1. The molecule has 8 heteroatoms. The van der Waals surface area contributed by atoms with Crippen molar-refractivity contribution in [1.29, 1.82) is 5.26 Å². The van der Waals surface area contributed by atoms with E-state index in [0.717, 1.165) is 30.2 Å². The smallest absolute Gasteiger partial charge is 0.162 e. The molecule has 2 N–H and O–H groups in total. The molecule has 1 aliphatic heterocycles. The summed E-state index contributed by atoms with van der Waals surface area (Å²) < 4.78 is 11.6. The van der Waals surface area contributed by atoms with Gasteiger partial charge < -0.3 is 20.1 Å². The van der Waals surface area contributed by atoms with Gasteiger partial charge in [0.15, 0.2) is 5.82 Å². The molecule has 1 aliphatic rings. The van der Waals surface area contributed by atoms with Crippen LogP contribution in [0.1, 0.15) is 16.8 Å². The van der Waals surface area contributed by atoms with Gasteiger partial charge in [-0.2, -0.15) is 5.26 Å². The lowest BCUT2D eigenvalue weighted by Crippen LogP contribution is -2.36. The number of morpholine rings is 1. The Kier molecular flexibility index (Phi) is 5.84. The van der Waals surface area contributed by atoms with Crippen molar-refractivity contribution in [3.63, 3.8) is 0 Å². The minimum atomic E-state index is 0.372. The average molecular weight is 402 g/mol. The number of nitrogens with two attached hydrogens (primary N) is 1. The highest BCUT2D eigenvalue weighted by Crippen LogP contribution is 2.34. The van der Waals surface area contributed by atoms with Gasteiger partial charge in [0, 0.05) is 37.6 Å². The van der Waals surface area contributed by atoms with Crippen molar-refractivity contribution < 1.29 is 9.47 Å². The number of pyridine rings is 1. The molecule has 1 saturated heterocycles. The molecule has 3 heterocycles. The fourth-order valence-electron chi connectivity index (χ4n) is 3.19. The maximum atomic E-state index is 9.31. The van der Waals surface area contributed by atoms with E-state index >= 15 is 0 Å². The van der Waals surface area contributed by atoms with Gasteiger partial charge in [0.2, 0.25) is 0 Å². The Balaban J connectivity index is 1.65. The van der Waals surface area contributed by atoms with E-state index in [4.69, 9.17) is 20.2 Å². The van der Waals surface area contributed by atoms with Crippen molar-refractivity contribution in [2.24, 2.45) is 5.73 Å². The Hall–Kier alpha value is -3.54. The van der Waals surface area contributed by atoms with Gasteiger partial charge in [0.1, 0.15) is 17.3 Å². The molecule has 3 aromatic rings. The summed E-state index contributed by atoms with van der Waals surface area (Å²) in [6, 6.07) is 11.2. The Bertz CT molecular complexity index is 1070. The normalized spacial score (nSPS) is 13.7. The molecular weight excluding hydrogens is 380 g/mol. The van der Waals surface area contributed by atoms with Gasteiger partial charge in [-0.1, -0.05) is 0 Å². The molecule has 2 aromatic heterocycles. The van der Waals surface area contributed by atoms with Gasteiger partial charge in [-0.25, -0.2) is 15.0 Å². The first-order valence-corrected chi connectivity index (χ1v) is 9.71. The first-order chi connectivity index (χ1) is 14.7. The van der Waals surface area contributed by atoms with Crippen LogP contribution in [0.2, 0.25) is 0 Å². The Morgan fingerprint density at radius 3 is 2.57 bits per heavy atom. The summed E-state index contributed by atoms with van der Waals surface area (Å²) in [6.07, 6.45) is 3.38. The minimum Gasteiger partial charge on any atom is -0.455 e. The van der Waals surface area contributed by atoms with E-state index in [1.807, 2.05) is 19.1 Å². The number of rotatable bonds is 5. The van der Waals surface area contributed by atoms with Gasteiger partial charge in [0.05, 0.1) is 36.1 Å². The minimum absolute atomic E-state index is 0.372. The lowest BCUT2D eigenvalue weighted by atomic mass is 10.1. The monoisotopic (exact) mass is 402 g/mol. The number of aryl methyl sites for hydroxylation is 1. The zero-order chi connectivity index (χ0) is 20.9. The lowest BCUT2D eigenvalue weighted by Gasteiger charge is -2.28. The molecule has 0 amide bonds. The highest BCUT2D eigenvalue weighted by atomic mass is 16.5. The number of hydrogen-bond acceptors (Lipinski definition) is 8. The van der Waals surface area contributed by atoms with Crippen LogP contribution in [-0.4, -0.2) is 41.3 Å². The number of benzene rings is 1. The van der Waals surface area contributed by atoms with Crippen LogP contribution in [0, 0.1) is 18.3 Å². The summed E-state index contributed by atoms with van der Waals surface area (Å²) in [4.78, 5) is 15.7. The van der Waals surface area contributed by atoms with Crippen LogP contribution in [0.15, 0.2) is 42.7 Å². The molecule has 0 radical (unpaired) electrons. The van der Waals surface area contributed by atoms with Crippen LogP contribution in [-0.2, 0) is 11.3 Å². The van der Waals surface area contributed by atoms with Crippen molar-refractivity contribution in [2.75, 3.05) is 31.2 Å². The standard InChI is InChI=1S/C22H22N6O2/c1-15-19(4-5-21(27-15)28-6-8-29-9-7-28)30-20-10-16(11-23)2-3-18(20)22-25-13-17(12-24)14-26-22/h2-5,10,13-14H,6-9,12,24H2,1H3. The zero-order valence-corrected chi connectivity index (χ0v) is 16.7. The molecule has 0 aliphatic carbocycles. The summed E-state index contributed by atoms with van der Waals surface area (Å²) in [6.45, 7) is 5.31. The third-order valence-corrected chi connectivity index (χ3v) is 4.87. The first kappa shape index (κ1) is 19.8. The predicted molar refractivity (Wildman–Crippen MR) is 112 cm³/mol. The van der Waals surface area contributed by atoms with E-state index in [0.29, 0.717) is 48.2 Å². The van der Waals surface area contributed by atoms with E-state index in [2.05, 4.69) is 20.9 Å². The van der Waals surface area contributed by atoms with Gasteiger partial charge in [-0.3, -0.25) is 0 Å². The molecule has 30 heavy (non-hydrogen) atoms. The molecule has 0 unspecified atom stereocenters. The van der Waals surface area contributed by atoms with Crippen molar-refractivity contribution in [2.45, 2.75) is 13.5 Å². The Morgan fingerprint density at radius 2 is 1.90 bits per heavy atom. The summed E-state index contributed by atoms with van der Waals surface area (Å²) in [7, 11) is 0. The molecule has 0 saturated carbocycles. The molecular formula is C22H22N6O2. The van der Waals surface area contributed by atoms with Gasteiger partial charge in [0.25, 0.3) is 0 Å². The summed E-state index contributed by atoms with van der Waals surface area (Å²) in [5, 5.41) is 9.31. The molecule has 152 valence electrons. The SMILES string of the molecule is Cc1nc(N2CCOCC2)ccc1Oc1cc(C#N)ccc1-c1ncc(CN)cn1. The predicted octanol–water partition coefficient (Wildman–Crippen LogP) is 2.81. The summed E-state index contributed by atoms with van der Waals surface area (Å²) in [5.74, 6) is 2.51. The third kappa shape index (κ3) is 4.22. The molecule has 4 rings (SSSR count). The molecule has 0 atom stereocenters. The largest absolute Gasteiger partial charge is 0.455 e. The topological polar surface area (TPSA) is 110 Å². The quantitative estimate of drug-likeness (QED) is 0.694. The van der Waals surface area contributed by atoms with E-state index < -0.39 is 0 Å². The van der Waals surface area contributed by atoms with Crippen LogP contribution in [0.5, 0.6) is 11.5 Å². The van der Waals surface area contributed by atoms with Crippen LogP contribution < -0.4 is 15.4 Å². The third-order valence-electron chi connectivity index (χ3n) is 4.87. The van der Waals surface area contributed by atoms with Gasteiger partial charge in [-0.05, 0) is 37.3 Å². The van der Waals surface area contributed by atoms with Gasteiger partial charge in [-0.15, -0.1) is 0 Å². The molecule has 1 aromatic carbocycles. The van der Waals surface area contributed by atoms with Crippen molar-refractivity contribution >= 4 is 5.82 Å². The van der Waals surface area contributed by atoms with E-state index in [-0.39, 0.29) is 0 Å². The highest BCUT2D eigenvalue weighted by Gasteiger charge is 2.16. The van der Waals surface area contributed by atoms with Crippen LogP contribution >= 0.6 is 0 Å². The second-order valence-electron chi connectivity index (χ2n) is 6.90. The zero-order valence-electron chi connectivity index (χ0n) is 16.7. The van der Waals surface area contributed by atoms with Crippen molar-refractivity contribution in [3.8, 4) is 29.0 Å². The molecule has 8 nitrogen and oxygen atoms in total. The summed E-state index contributed by atoms with van der Waals surface area (Å²) in [5.41, 5.74) is 8.41. The molecule has 0 bridgehead atoms. The van der Waals surface area contributed by atoms with Crippen LogP contribution in [0.3, 0.4) is 0 Å². The molecule has 1 fully saturated rings. The molecule has 0 spiro atoms. The number of ether oxygens (including phenoxy) is 2. The second kappa shape index (κ2) is 8.86. The number of anilines is 1. The Labute approximate surface area is 174 Å². The maximum Gasteiger partial charge on any atom is 0.162 e. The maximum absolute atomic E-state index is 9.31. The van der Waals surface area contributed by atoms with E-state index in [1.54, 1.807) is 30.6 Å². The Morgan fingerprint density at radius 1 is 1.13 bits per heavy atom. The number of nitrogens with zero attached hydrogens (tertiary/aromatic N) is 5. The average Bonchev–Trinajstić information content (AvgIpc) is 2.81. The first-order valence-electron chi connectivity index (χ1n) is 9.71. The highest BCUT2D eigenvalue weighted by molar-refractivity contribution is 5.66.